The summed E-state index contributed by atoms with van der Waals surface area (Å²) in [6.45, 7) is 2.42. The second-order valence-corrected chi connectivity index (χ2v) is 4.66. The fraction of sp³-hybridized carbons (Fsp3) is 0.800. The Bertz CT molecular complexity index is 329. The van der Waals surface area contributed by atoms with Crippen molar-refractivity contribution in [3.8, 4) is 0 Å². The van der Waals surface area contributed by atoms with Gasteiger partial charge in [0.15, 0.2) is 0 Å². The van der Waals surface area contributed by atoms with Crippen LogP contribution in [0.3, 0.4) is 0 Å². The quantitative estimate of drug-likeness (QED) is 0.834. The van der Waals surface area contributed by atoms with E-state index in [1.54, 1.807) is 0 Å². The maximum atomic E-state index is 4.22. The van der Waals surface area contributed by atoms with Crippen LogP contribution in [0.15, 0.2) is 6.20 Å². The van der Waals surface area contributed by atoms with Gasteiger partial charge in [0.05, 0.1) is 5.69 Å². The molecule has 92 valence electrons. The van der Waals surface area contributed by atoms with Crippen LogP contribution >= 0.6 is 24.8 Å². The first-order valence-electron chi connectivity index (χ1n) is 5.40. The molecular weight excluding hydrogens is 247 g/mol. The zero-order valence-corrected chi connectivity index (χ0v) is 10.9. The maximum absolute atomic E-state index is 4.22. The summed E-state index contributed by atoms with van der Waals surface area (Å²) in [5.41, 5.74) is 1.20. The molecule has 2 heterocycles. The molecule has 1 aliphatic heterocycles. The van der Waals surface area contributed by atoms with E-state index >= 15 is 0 Å². The van der Waals surface area contributed by atoms with Crippen molar-refractivity contribution in [1.82, 2.24) is 20.3 Å². The van der Waals surface area contributed by atoms with Gasteiger partial charge in [-0.15, -0.1) is 29.9 Å². The Labute approximate surface area is 108 Å². The number of fused-ring (bicyclic) bond motifs is 1. The number of hydrogen-bond acceptors (Lipinski definition) is 3. The van der Waals surface area contributed by atoms with E-state index in [2.05, 4.69) is 21.8 Å². The van der Waals surface area contributed by atoms with E-state index in [9.17, 15) is 0 Å². The molecule has 1 aromatic heterocycles. The van der Waals surface area contributed by atoms with Crippen LogP contribution in [0, 0.1) is 11.8 Å². The molecule has 0 amide bonds. The van der Waals surface area contributed by atoms with Gasteiger partial charge in [-0.05, 0) is 37.8 Å². The minimum absolute atomic E-state index is 0. The third-order valence-electron chi connectivity index (χ3n) is 3.69. The van der Waals surface area contributed by atoms with Crippen molar-refractivity contribution >= 4 is 24.8 Å². The number of hydrogen-bond donors (Lipinski definition) is 1. The van der Waals surface area contributed by atoms with Crippen molar-refractivity contribution < 1.29 is 0 Å². The first-order valence-corrected chi connectivity index (χ1v) is 5.40. The van der Waals surface area contributed by atoms with Gasteiger partial charge in [0.1, 0.15) is 0 Å². The molecule has 3 rings (SSSR count). The second kappa shape index (κ2) is 5.34. The summed E-state index contributed by atoms with van der Waals surface area (Å²) in [6, 6.07) is 0. The lowest BCUT2D eigenvalue weighted by Crippen LogP contribution is -2.11. The van der Waals surface area contributed by atoms with E-state index < -0.39 is 0 Å². The van der Waals surface area contributed by atoms with Crippen molar-refractivity contribution in [3.05, 3.63) is 11.9 Å². The number of aryl methyl sites for hydroxylation is 1. The molecule has 2 unspecified atom stereocenters. The fourth-order valence-corrected chi connectivity index (χ4v) is 2.96. The van der Waals surface area contributed by atoms with E-state index in [0.29, 0.717) is 5.92 Å². The molecule has 2 atom stereocenters. The van der Waals surface area contributed by atoms with Gasteiger partial charge in [0, 0.05) is 19.2 Å². The van der Waals surface area contributed by atoms with Gasteiger partial charge in [0.2, 0.25) is 0 Å². The van der Waals surface area contributed by atoms with Gasteiger partial charge in [0.25, 0.3) is 0 Å². The maximum Gasteiger partial charge on any atom is 0.0858 e. The Morgan fingerprint density at radius 3 is 2.38 bits per heavy atom. The molecular formula is C10H18Cl2N4. The summed E-state index contributed by atoms with van der Waals surface area (Å²) in [7, 11) is 1.94. The standard InChI is InChI=1S/C10H16N4.2ClH/c1-14-6-10(12-13-14)7-2-8-4-11-5-9(8)3-7;;/h6-9,11H,2-5H2,1H3;2*1H. The fourth-order valence-electron chi connectivity index (χ4n) is 2.96. The number of aromatic nitrogens is 3. The normalized spacial score (nSPS) is 31.7. The third-order valence-corrected chi connectivity index (χ3v) is 3.69. The Kier molecular flexibility index (Phi) is 4.59. The summed E-state index contributed by atoms with van der Waals surface area (Å²) < 4.78 is 1.81. The van der Waals surface area contributed by atoms with Crippen LogP contribution < -0.4 is 5.32 Å². The molecule has 16 heavy (non-hydrogen) atoms. The van der Waals surface area contributed by atoms with Crippen LogP contribution in [0.4, 0.5) is 0 Å². The summed E-state index contributed by atoms with van der Waals surface area (Å²) in [6.07, 6.45) is 4.67. The monoisotopic (exact) mass is 264 g/mol. The van der Waals surface area contributed by atoms with Crippen molar-refractivity contribution in [2.45, 2.75) is 18.8 Å². The van der Waals surface area contributed by atoms with E-state index in [1.807, 2.05) is 11.7 Å². The van der Waals surface area contributed by atoms with Crippen LogP contribution in [0.1, 0.15) is 24.5 Å². The van der Waals surface area contributed by atoms with E-state index in [-0.39, 0.29) is 24.8 Å². The lowest BCUT2D eigenvalue weighted by Gasteiger charge is -2.06. The van der Waals surface area contributed by atoms with Gasteiger partial charge in [-0.2, -0.15) is 0 Å². The predicted molar refractivity (Wildman–Crippen MR) is 67.3 cm³/mol. The number of nitrogens with zero attached hydrogens (tertiary/aromatic N) is 3. The van der Waals surface area contributed by atoms with Crippen molar-refractivity contribution in [3.63, 3.8) is 0 Å². The molecule has 2 fully saturated rings. The van der Waals surface area contributed by atoms with E-state index in [0.717, 1.165) is 11.8 Å². The Morgan fingerprint density at radius 2 is 1.88 bits per heavy atom. The minimum Gasteiger partial charge on any atom is -0.316 e. The van der Waals surface area contributed by atoms with Gasteiger partial charge >= 0.3 is 0 Å². The van der Waals surface area contributed by atoms with Crippen molar-refractivity contribution in [1.29, 1.82) is 0 Å². The average Bonchev–Trinajstić information content (AvgIpc) is 2.75. The summed E-state index contributed by atoms with van der Waals surface area (Å²) in [5, 5.41) is 11.7. The molecule has 1 aliphatic carbocycles. The smallest absolute Gasteiger partial charge is 0.0858 e. The Balaban J connectivity index is 0.000000640. The first-order chi connectivity index (χ1) is 6.83. The largest absolute Gasteiger partial charge is 0.316 e. The summed E-state index contributed by atoms with van der Waals surface area (Å²) in [4.78, 5) is 0. The third kappa shape index (κ3) is 2.34. The average molecular weight is 265 g/mol. The number of rotatable bonds is 1. The summed E-state index contributed by atoms with van der Waals surface area (Å²) >= 11 is 0. The van der Waals surface area contributed by atoms with Gasteiger partial charge in [-0.3, -0.25) is 4.68 Å². The molecule has 0 radical (unpaired) electrons. The van der Waals surface area contributed by atoms with E-state index in [4.69, 9.17) is 0 Å². The van der Waals surface area contributed by atoms with Crippen LogP contribution in [0.25, 0.3) is 0 Å². The Hall–Kier alpha value is -0.320. The molecule has 0 bridgehead atoms. The highest BCUT2D eigenvalue weighted by atomic mass is 35.5. The topological polar surface area (TPSA) is 42.7 Å². The van der Waals surface area contributed by atoms with Crippen molar-refractivity contribution in [2.24, 2.45) is 18.9 Å². The highest BCUT2D eigenvalue weighted by Gasteiger charge is 2.38. The molecule has 1 aromatic rings. The summed E-state index contributed by atoms with van der Waals surface area (Å²) in [5.74, 6) is 2.45. The molecule has 4 nitrogen and oxygen atoms in total. The zero-order valence-electron chi connectivity index (χ0n) is 9.30. The number of halogens is 2. The second-order valence-electron chi connectivity index (χ2n) is 4.66. The van der Waals surface area contributed by atoms with Gasteiger partial charge < -0.3 is 5.32 Å². The van der Waals surface area contributed by atoms with Crippen LogP contribution in [-0.4, -0.2) is 28.1 Å². The highest BCUT2D eigenvalue weighted by Crippen LogP contribution is 2.43. The van der Waals surface area contributed by atoms with Gasteiger partial charge in [-0.25, -0.2) is 0 Å². The Morgan fingerprint density at radius 1 is 1.25 bits per heavy atom. The van der Waals surface area contributed by atoms with Crippen LogP contribution in [0.2, 0.25) is 0 Å². The molecule has 2 aliphatic rings. The molecule has 1 saturated heterocycles. The molecule has 0 aromatic carbocycles. The van der Waals surface area contributed by atoms with Crippen LogP contribution in [-0.2, 0) is 7.05 Å². The lowest BCUT2D eigenvalue weighted by atomic mass is 10.0. The highest BCUT2D eigenvalue weighted by molar-refractivity contribution is 5.85. The van der Waals surface area contributed by atoms with E-state index in [1.165, 1.54) is 31.6 Å². The minimum atomic E-state index is 0. The first kappa shape index (κ1) is 13.7. The molecule has 1 N–H and O–H groups in total. The number of nitrogens with one attached hydrogen (secondary N) is 1. The van der Waals surface area contributed by atoms with Crippen molar-refractivity contribution in [2.75, 3.05) is 13.1 Å². The zero-order chi connectivity index (χ0) is 9.54. The lowest BCUT2D eigenvalue weighted by molar-refractivity contribution is 0.494. The molecule has 6 heteroatoms. The SMILES string of the molecule is Cl.Cl.Cn1cc(C2CC3CNCC3C2)nn1. The predicted octanol–water partition coefficient (Wildman–Crippen LogP) is 1.37. The van der Waals surface area contributed by atoms with Crippen LogP contribution in [0.5, 0.6) is 0 Å². The van der Waals surface area contributed by atoms with Gasteiger partial charge in [-0.1, -0.05) is 5.21 Å². The molecule has 1 saturated carbocycles. The molecule has 0 spiro atoms.